The van der Waals surface area contributed by atoms with Gasteiger partial charge >= 0.3 is 0 Å². The lowest BCUT2D eigenvalue weighted by molar-refractivity contribution is -0.0752. The molecule has 1 aromatic heterocycles. The molecule has 1 unspecified atom stereocenters. The maximum absolute atomic E-state index is 10.5. The maximum Gasteiger partial charge on any atom is 0.0959 e. The number of aromatic nitrogens is 2. The van der Waals surface area contributed by atoms with Crippen LogP contribution in [0.3, 0.4) is 0 Å². The van der Waals surface area contributed by atoms with Gasteiger partial charge in [-0.2, -0.15) is 0 Å². The molecule has 2 N–H and O–H groups in total. The number of fused-ring (bicyclic) bond motifs is 1. The summed E-state index contributed by atoms with van der Waals surface area (Å²) in [7, 11) is 1.62. The van der Waals surface area contributed by atoms with Crippen LogP contribution in [0, 0.1) is 13.8 Å². The fourth-order valence-electron chi connectivity index (χ4n) is 3.61. The number of aryl methyl sites for hydroxylation is 2. The van der Waals surface area contributed by atoms with Crippen LogP contribution in [-0.4, -0.2) is 69.7 Å². The van der Waals surface area contributed by atoms with Gasteiger partial charge in [-0.15, -0.1) is 0 Å². The normalized spacial score (nSPS) is 19.4. The molecule has 0 bridgehead atoms. The van der Waals surface area contributed by atoms with Crippen LogP contribution < -0.4 is 0 Å². The average Bonchev–Trinajstić information content (AvgIpc) is 2.92. The summed E-state index contributed by atoms with van der Waals surface area (Å²) in [5.41, 5.74) is 3.78. The van der Waals surface area contributed by atoms with Crippen molar-refractivity contribution in [3.05, 3.63) is 29.6 Å². The molecular weight excluding hydrogens is 318 g/mol. The second kappa shape index (κ2) is 7.41. The maximum atomic E-state index is 10.5. The van der Waals surface area contributed by atoms with Crippen molar-refractivity contribution in [2.45, 2.75) is 44.9 Å². The minimum atomic E-state index is -0.716. The van der Waals surface area contributed by atoms with Gasteiger partial charge in [0.2, 0.25) is 0 Å². The Kier molecular flexibility index (Phi) is 5.43. The minimum Gasteiger partial charge on any atom is -0.390 e. The van der Waals surface area contributed by atoms with Crippen molar-refractivity contribution in [2.75, 3.05) is 33.4 Å². The Balaban J connectivity index is 1.58. The lowest BCUT2D eigenvalue weighted by atomic mass is 9.92. The highest BCUT2D eigenvalue weighted by molar-refractivity contribution is 5.77. The van der Waals surface area contributed by atoms with E-state index in [9.17, 15) is 10.2 Å². The number of benzene rings is 1. The highest BCUT2D eigenvalue weighted by atomic mass is 16.5. The lowest BCUT2D eigenvalue weighted by Gasteiger charge is -2.38. The molecule has 2 aromatic rings. The number of piperidine rings is 1. The highest BCUT2D eigenvalue weighted by Crippen LogP contribution is 2.23. The topological polar surface area (TPSA) is 70.8 Å². The zero-order valence-electron chi connectivity index (χ0n) is 15.4. The summed E-state index contributed by atoms with van der Waals surface area (Å²) in [6.07, 6.45) is 2.70. The summed E-state index contributed by atoms with van der Waals surface area (Å²) in [6, 6.07) is 4.23. The molecule has 1 saturated heterocycles. The monoisotopic (exact) mass is 347 g/mol. The summed E-state index contributed by atoms with van der Waals surface area (Å²) < 4.78 is 7.13. The number of imidazole rings is 1. The number of likely N-dealkylation sites (tertiary alicyclic amines) is 1. The largest absolute Gasteiger partial charge is 0.390 e. The molecule has 0 radical (unpaired) electrons. The van der Waals surface area contributed by atoms with Gasteiger partial charge in [0.05, 0.1) is 42.2 Å². The van der Waals surface area contributed by atoms with Crippen molar-refractivity contribution >= 4 is 11.0 Å². The summed E-state index contributed by atoms with van der Waals surface area (Å²) in [6.45, 7) is 7.25. The third-order valence-electron chi connectivity index (χ3n) is 5.31. The molecule has 1 aromatic carbocycles. The first-order valence-corrected chi connectivity index (χ1v) is 8.94. The van der Waals surface area contributed by atoms with Crippen LogP contribution in [0.25, 0.3) is 11.0 Å². The molecule has 3 rings (SSSR count). The SMILES string of the molecule is COCC1(O)CCN(CC(O)Cn2cnc3cc(C)c(C)cc32)CC1. The zero-order valence-corrected chi connectivity index (χ0v) is 15.4. The molecule has 6 heteroatoms. The van der Waals surface area contributed by atoms with E-state index in [2.05, 4.69) is 35.9 Å². The summed E-state index contributed by atoms with van der Waals surface area (Å²) >= 11 is 0. The quantitative estimate of drug-likeness (QED) is 0.828. The molecule has 25 heavy (non-hydrogen) atoms. The van der Waals surface area contributed by atoms with E-state index in [1.54, 1.807) is 13.4 Å². The average molecular weight is 347 g/mol. The Hall–Kier alpha value is -1.47. The molecule has 1 fully saturated rings. The molecular formula is C19H29N3O3. The van der Waals surface area contributed by atoms with E-state index in [0.717, 1.165) is 24.1 Å². The summed E-state index contributed by atoms with van der Waals surface area (Å²) in [5, 5.41) is 20.9. The minimum absolute atomic E-state index is 0.378. The van der Waals surface area contributed by atoms with Crippen LogP contribution in [-0.2, 0) is 11.3 Å². The standard InChI is InChI=1S/C19H29N3O3/c1-14-8-17-18(9-15(14)2)22(13-20-17)11-16(23)10-21-6-4-19(24,5-7-21)12-25-3/h8-9,13,16,23-24H,4-7,10-12H2,1-3H3. The van der Waals surface area contributed by atoms with Crippen molar-refractivity contribution in [1.82, 2.24) is 14.5 Å². The van der Waals surface area contributed by atoms with E-state index in [0.29, 0.717) is 32.5 Å². The highest BCUT2D eigenvalue weighted by Gasteiger charge is 2.32. The fourth-order valence-corrected chi connectivity index (χ4v) is 3.61. The van der Waals surface area contributed by atoms with E-state index < -0.39 is 11.7 Å². The Morgan fingerprint density at radius 3 is 2.56 bits per heavy atom. The molecule has 1 atom stereocenters. The Bertz CT molecular complexity index is 720. The second-order valence-electron chi connectivity index (χ2n) is 7.43. The fraction of sp³-hybridized carbons (Fsp3) is 0.632. The third-order valence-corrected chi connectivity index (χ3v) is 5.31. The third kappa shape index (κ3) is 4.20. The second-order valence-corrected chi connectivity index (χ2v) is 7.43. The predicted octanol–water partition coefficient (Wildman–Crippen LogP) is 1.49. The molecule has 138 valence electrons. The molecule has 1 aliphatic heterocycles. The van der Waals surface area contributed by atoms with Gasteiger partial charge in [0.1, 0.15) is 0 Å². The van der Waals surface area contributed by atoms with E-state index in [4.69, 9.17) is 4.74 Å². The molecule has 6 nitrogen and oxygen atoms in total. The van der Waals surface area contributed by atoms with Crippen LogP contribution in [0.1, 0.15) is 24.0 Å². The first-order valence-electron chi connectivity index (χ1n) is 8.94. The van der Waals surface area contributed by atoms with Gasteiger partial charge in [0.15, 0.2) is 0 Å². The zero-order chi connectivity index (χ0) is 18.0. The van der Waals surface area contributed by atoms with Crippen molar-refractivity contribution in [1.29, 1.82) is 0 Å². The van der Waals surface area contributed by atoms with Crippen molar-refractivity contribution in [3.63, 3.8) is 0 Å². The van der Waals surface area contributed by atoms with Gasteiger partial charge in [0, 0.05) is 26.7 Å². The molecule has 0 saturated carbocycles. The predicted molar refractivity (Wildman–Crippen MR) is 97.7 cm³/mol. The van der Waals surface area contributed by atoms with E-state index in [-0.39, 0.29) is 0 Å². The number of aliphatic hydroxyl groups is 2. The van der Waals surface area contributed by atoms with Gasteiger partial charge in [-0.25, -0.2) is 4.98 Å². The first-order chi connectivity index (χ1) is 11.9. The number of methoxy groups -OCH3 is 1. The van der Waals surface area contributed by atoms with Crippen molar-refractivity contribution in [3.8, 4) is 0 Å². The van der Waals surface area contributed by atoms with Gasteiger partial charge in [0.25, 0.3) is 0 Å². The molecule has 1 aliphatic rings. The first kappa shape index (κ1) is 18.3. The van der Waals surface area contributed by atoms with Crippen LogP contribution in [0.15, 0.2) is 18.5 Å². The van der Waals surface area contributed by atoms with E-state index in [1.807, 2.05) is 4.57 Å². The molecule has 0 aliphatic carbocycles. The number of nitrogens with zero attached hydrogens (tertiary/aromatic N) is 3. The molecule has 2 heterocycles. The van der Waals surface area contributed by atoms with Crippen molar-refractivity contribution < 1.29 is 14.9 Å². The van der Waals surface area contributed by atoms with E-state index in [1.165, 1.54) is 11.1 Å². The molecule has 0 spiro atoms. The van der Waals surface area contributed by atoms with Crippen LogP contribution >= 0.6 is 0 Å². The Morgan fingerprint density at radius 1 is 1.20 bits per heavy atom. The van der Waals surface area contributed by atoms with Crippen molar-refractivity contribution in [2.24, 2.45) is 0 Å². The van der Waals surface area contributed by atoms with Gasteiger partial charge < -0.3 is 24.4 Å². The van der Waals surface area contributed by atoms with Gasteiger partial charge in [-0.1, -0.05) is 0 Å². The number of β-amino-alcohol motifs (C(OH)–C–C–N with tert-alkyl or cyclic N) is 1. The van der Waals surface area contributed by atoms with E-state index >= 15 is 0 Å². The smallest absolute Gasteiger partial charge is 0.0959 e. The number of aliphatic hydroxyl groups excluding tert-OH is 1. The Morgan fingerprint density at radius 2 is 1.88 bits per heavy atom. The van der Waals surface area contributed by atoms with Crippen LogP contribution in [0.4, 0.5) is 0 Å². The van der Waals surface area contributed by atoms with Crippen LogP contribution in [0.2, 0.25) is 0 Å². The number of hydrogen-bond acceptors (Lipinski definition) is 5. The lowest BCUT2D eigenvalue weighted by Crippen LogP contribution is -2.49. The van der Waals surface area contributed by atoms with Crippen LogP contribution in [0.5, 0.6) is 0 Å². The Labute approximate surface area is 149 Å². The number of hydrogen-bond donors (Lipinski definition) is 2. The van der Waals surface area contributed by atoms with Gasteiger partial charge in [-0.3, -0.25) is 0 Å². The summed E-state index contributed by atoms with van der Waals surface area (Å²) in [5.74, 6) is 0. The molecule has 0 amide bonds. The van der Waals surface area contributed by atoms with Gasteiger partial charge in [-0.05, 0) is 49.9 Å². The summed E-state index contributed by atoms with van der Waals surface area (Å²) in [4.78, 5) is 6.66. The number of rotatable bonds is 6. The number of ether oxygens (including phenoxy) is 1.